The van der Waals surface area contributed by atoms with Crippen LogP contribution in [0.25, 0.3) is 0 Å². The third-order valence-electron chi connectivity index (χ3n) is 3.19. The molecule has 0 aliphatic rings. The van der Waals surface area contributed by atoms with Crippen LogP contribution < -0.4 is 0 Å². The molecule has 0 saturated heterocycles. The average molecular weight is 499 g/mol. The Labute approximate surface area is 146 Å². The van der Waals surface area contributed by atoms with Gasteiger partial charge in [0.25, 0.3) is 0 Å². The first-order valence-electron chi connectivity index (χ1n) is 5.67. The van der Waals surface area contributed by atoms with Crippen LogP contribution in [0.2, 0.25) is 0 Å². The van der Waals surface area contributed by atoms with Crippen molar-refractivity contribution in [3.8, 4) is 0 Å². The molecule has 0 spiro atoms. The summed E-state index contributed by atoms with van der Waals surface area (Å²) in [6.07, 6.45) is -34.2. The lowest BCUT2D eigenvalue weighted by Crippen LogP contribution is -2.84. The lowest BCUT2D eigenvalue weighted by molar-refractivity contribution is -0.448. The van der Waals surface area contributed by atoms with Crippen molar-refractivity contribution in [3.63, 3.8) is 0 Å². The third-order valence-corrected chi connectivity index (χ3v) is 4.42. The van der Waals surface area contributed by atoms with E-state index in [1.807, 2.05) is 0 Å². The normalized spacial score (nSPS) is 20.2. The van der Waals surface area contributed by atoms with Crippen LogP contribution in [0.1, 0.15) is 0 Å². The Hall–Kier alpha value is -1.28. The Morgan fingerprint density at radius 1 is 0.448 bits per heavy atom. The quantitative estimate of drug-likeness (QED) is 0.423. The topological polar surface area (TPSA) is 57.2 Å². The first kappa shape index (κ1) is 27.7. The molecule has 0 amide bonds. The number of halogens is 17. The minimum Gasteiger partial charge on any atom is -0.745 e. The second kappa shape index (κ2) is 6.36. The monoisotopic (exact) mass is 499 g/mol. The minimum atomic E-state index is -9.41. The van der Waals surface area contributed by atoms with E-state index in [0.717, 1.165) is 0 Å². The molecule has 0 heterocycles. The van der Waals surface area contributed by atoms with E-state index in [-0.39, 0.29) is 0 Å². The highest BCUT2D eigenvalue weighted by Gasteiger charge is 3.01. The summed E-state index contributed by atoms with van der Waals surface area (Å²) in [6, 6.07) is 0. The predicted molar refractivity (Wildman–Crippen MR) is 50.4 cm³/mol. The molecular weight excluding hydrogens is 499 g/mol. The SMILES string of the molecule is O=S(=O)([O-])C(F)(C(F)(F)C(F)(F)F)C(F)(C(F)(F)F)C(F)(C(F)(F)F)C(F)(F)F. The van der Waals surface area contributed by atoms with E-state index in [9.17, 15) is 87.6 Å². The van der Waals surface area contributed by atoms with Gasteiger partial charge in [-0.25, -0.2) is 21.6 Å². The van der Waals surface area contributed by atoms with Crippen molar-refractivity contribution in [3.05, 3.63) is 0 Å². The number of rotatable bonds is 4. The average Bonchev–Trinajstić information content (AvgIpc) is 2.37. The molecule has 2 atom stereocenters. The smallest absolute Gasteiger partial charge is 0.458 e. The van der Waals surface area contributed by atoms with Gasteiger partial charge in [-0.2, -0.15) is 61.5 Å². The zero-order valence-corrected chi connectivity index (χ0v) is 12.9. The van der Waals surface area contributed by atoms with Gasteiger partial charge in [-0.05, 0) is 0 Å². The van der Waals surface area contributed by atoms with Gasteiger partial charge in [-0.3, -0.25) is 0 Å². The van der Waals surface area contributed by atoms with Crippen molar-refractivity contribution in [2.75, 3.05) is 0 Å². The Morgan fingerprint density at radius 2 is 0.690 bits per heavy atom. The summed E-state index contributed by atoms with van der Waals surface area (Å²) in [5, 5.41) is -9.09. The van der Waals surface area contributed by atoms with E-state index in [1.165, 1.54) is 0 Å². The third kappa shape index (κ3) is 3.26. The fraction of sp³-hybridized carbons (Fsp3) is 1.00. The molecule has 176 valence electrons. The van der Waals surface area contributed by atoms with Gasteiger partial charge >= 0.3 is 47.0 Å². The van der Waals surface area contributed by atoms with Crippen molar-refractivity contribution in [2.24, 2.45) is 0 Å². The fourth-order valence-corrected chi connectivity index (χ4v) is 2.91. The van der Waals surface area contributed by atoms with Crippen molar-refractivity contribution >= 4 is 10.1 Å². The molecule has 3 nitrogen and oxygen atoms in total. The highest BCUT2D eigenvalue weighted by atomic mass is 32.2. The van der Waals surface area contributed by atoms with Gasteiger partial charge in [-0.1, -0.05) is 0 Å². The summed E-state index contributed by atoms with van der Waals surface area (Å²) < 4.78 is 248. The summed E-state index contributed by atoms with van der Waals surface area (Å²) >= 11 is 0. The predicted octanol–water partition coefficient (Wildman–Crippen LogP) is 4.50. The molecule has 0 N–H and O–H groups in total. The van der Waals surface area contributed by atoms with Gasteiger partial charge in [0.15, 0.2) is 0 Å². The van der Waals surface area contributed by atoms with Gasteiger partial charge < -0.3 is 4.55 Å². The van der Waals surface area contributed by atoms with Gasteiger partial charge in [-0.15, -0.1) is 0 Å². The summed E-state index contributed by atoms with van der Waals surface area (Å²) in [5.41, 5.74) is -18.6. The first-order chi connectivity index (χ1) is 12.0. The lowest BCUT2D eigenvalue weighted by atomic mass is 9.77. The van der Waals surface area contributed by atoms with E-state index in [0.29, 0.717) is 0 Å². The van der Waals surface area contributed by atoms with Gasteiger partial charge in [0, 0.05) is 0 Å². The standard InChI is InChI=1S/C8HF17O3S/c9-1(5(14,15)16,2(10,6(17,18)19)7(20,21)22)4(13,29(26,27)28)3(11,12)8(23,24)25/h(H,26,27,28)/p-1. The molecule has 0 bridgehead atoms. The Bertz CT molecular complexity index is 712. The summed E-state index contributed by atoms with van der Waals surface area (Å²) in [6.45, 7) is 0. The van der Waals surface area contributed by atoms with Crippen LogP contribution in [0.3, 0.4) is 0 Å². The van der Waals surface area contributed by atoms with Gasteiger partial charge in [0.2, 0.25) is 0 Å². The number of alkyl halides is 17. The number of hydrogen-bond donors (Lipinski definition) is 0. The van der Waals surface area contributed by atoms with Crippen LogP contribution >= 0.6 is 0 Å². The summed E-state index contributed by atoms with van der Waals surface area (Å²) in [7, 11) is -9.17. The maximum Gasteiger partial charge on any atom is 0.458 e. The molecule has 0 saturated carbocycles. The molecule has 0 aromatic rings. The van der Waals surface area contributed by atoms with Crippen LogP contribution in [-0.2, 0) is 10.1 Å². The fourth-order valence-electron chi connectivity index (χ4n) is 1.88. The van der Waals surface area contributed by atoms with Crippen molar-refractivity contribution in [1.82, 2.24) is 0 Å². The second-order valence-electron chi connectivity index (χ2n) is 4.93. The maximum absolute atomic E-state index is 14.0. The van der Waals surface area contributed by atoms with E-state index in [2.05, 4.69) is 0 Å². The molecule has 0 radical (unpaired) electrons. The molecule has 0 aliphatic heterocycles. The van der Waals surface area contributed by atoms with Crippen LogP contribution in [0.15, 0.2) is 0 Å². The molecule has 2 unspecified atom stereocenters. The molecule has 0 aromatic heterocycles. The van der Waals surface area contributed by atoms with Crippen molar-refractivity contribution < 1.29 is 87.6 Å². The maximum atomic E-state index is 14.0. The van der Waals surface area contributed by atoms with E-state index in [1.54, 1.807) is 0 Å². The van der Waals surface area contributed by atoms with E-state index < -0.39 is 57.1 Å². The lowest BCUT2D eigenvalue weighted by Gasteiger charge is -2.50. The zero-order valence-electron chi connectivity index (χ0n) is 12.1. The Kier molecular flexibility index (Phi) is 6.08. The second-order valence-corrected chi connectivity index (χ2v) is 6.40. The number of hydrogen-bond acceptors (Lipinski definition) is 3. The molecule has 0 fully saturated rings. The molecule has 0 aromatic carbocycles. The van der Waals surface area contributed by atoms with Gasteiger partial charge in [0.05, 0.1) is 0 Å². The van der Waals surface area contributed by atoms with Crippen LogP contribution in [0, 0.1) is 0 Å². The van der Waals surface area contributed by atoms with Crippen molar-refractivity contribution in [1.29, 1.82) is 0 Å². The van der Waals surface area contributed by atoms with Crippen molar-refractivity contribution in [2.45, 2.75) is 47.0 Å². The summed E-state index contributed by atoms with van der Waals surface area (Å²) in [4.78, 5) is 0. The van der Waals surface area contributed by atoms with Crippen LogP contribution in [0.4, 0.5) is 74.6 Å². The van der Waals surface area contributed by atoms with E-state index in [4.69, 9.17) is 0 Å². The molecule has 29 heavy (non-hydrogen) atoms. The highest BCUT2D eigenvalue weighted by Crippen LogP contribution is 2.68. The Balaban J connectivity index is 8.15. The first-order valence-corrected chi connectivity index (χ1v) is 7.08. The zero-order chi connectivity index (χ0) is 24.5. The van der Waals surface area contributed by atoms with E-state index >= 15 is 0 Å². The minimum absolute atomic E-state index is 8.25. The molecule has 21 heteroatoms. The molecule has 0 rings (SSSR count). The molecular formula is C8F17O3S-. The van der Waals surface area contributed by atoms with Crippen LogP contribution in [0.5, 0.6) is 0 Å². The highest BCUT2D eigenvalue weighted by molar-refractivity contribution is 7.87. The van der Waals surface area contributed by atoms with Crippen LogP contribution in [-0.4, -0.2) is 59.9 Å². The van der Waals surface area contributed by atoms with Gasteiger partial charge in [0.1, 0.15) is 10.1 Å². The molecule has 0 aliphatic carbocycles. The Morgan fingerprint density at radius 3 is 0.828 bits per heavy atom. The summed E-state index contributed by atoms with van der Waals surface area (Å²) in [5.74, 6) is -8.79. The largest absolute Gasteiger partial charge is 0.745 e.